The van der Waals surface area contributed by atoms with Crippen molar-refractivity contribution in [3.05, 3.63) is 186 Å². The van der Waals surface area contributed by atoms with Gasteiger partial charge in [-0.2, -0.15) is 0 Å². The molecule has 0 aliphatic heterocycles. The van der Waals surface area contributed by atoms with Gasteiger partial charge in [-0.25, -0.2) is 0 Å². The molecule has 0 radical (unpaired) electrons. The van der Waals surface area contributed by atoms with Crippen LogP contribution in [0.1, 0.15) is 22.3 Å². The summed E-state index contributed by atoms with van der Waals surface area (Å²) in [5.41, 5.74) is 14.4. The molecule has 2 N–H and O–H groups in total. The summed E-state index contributed by atoms with van der Waals surface area (Å²) in [5, 5.41) is 4.99. The van der Waals surface area contributed by atoms with Crippen molar-refractivity contribution >= 4 is 27.2 Å². The van der Waals surface area contributed by atoms with Gasteiger partial charge in [0.2, 0.25) is 0 Å². The topological polar surface area (TPSA) is 26.0 Å². The molecule has 1 aliphatic rings. The zero-order valence-electron chi connectivity index (χ0n) is 22.2. The van der Waals surface area contributed by atoms with Gasteiger partial charge in [-0.15, -0.1) is 0 Å². The lowest BCUT2D eigenvalue weighted by molar-refractivity contribution is 0.768. The van der Waals surface area contributed by atoms with Crippen molar-refractivity contribution in [2.75, 3.05) is 5.73 Å². The normalized spacial score (nSPS) is 12.8. The second-order valence-electron chi connectivity index (χ2n) is 10.3. The van der Waals surface area contributed by atoms with Gasteiger partial charge in [0.1, 0.15) is 0 Å². The smallest absolute Gasteiger partial charge is 0.0713 e. The van der Waals surface area contributed by atoms with Crippen molar-refractivity contribution in [2.45, 2.75) is 5.41 Å². The summed E-state index contributed by atoms with van der Waals surface area (Å²) < 4.78 is 0. The fraction of sp³-hybridized carbons (Fsp3) is 0.0256. The van der Waals surface area contributed by atoms with E-state index in [-0.39, 0.29) is 5.41 Å². The number of nitrogens with two attached hydrogens (primary N) is 1. The maximum Gasteiger partial charge on any atom is 0.0713 e. The SMILES string of the molecule is Nc1ccc2ccc3ccccc3c2c1.c1ccc(C2(c3ccccc3)c3ccccc3-c3ccccc32)cc1. The Balaban J connectivity index is 0.000000150. The second kappa shape index (κ2) is 9.87. The maximum atomic E-state index is 5.81. The number of nitrogen functional groups attached to an aromatic ring is 1. The molecule has 0 spiro atoms. The van der Waals surface area contributed by atoms with E-state index >= 15 is 0 Å². The van der Waals surface area contributed by atoms with Crippen LogP contribution >= 0.6 is 0 Å². The van der Waals surface area contributed by atoms with Gasteiger partial charge in [-0.1, -0.05) is 152 Å². The third-order valence-corrected chi connectivity index (χ3v) is 8.14. The van der Waals surface area contributed by atoms with Crippen LogP contribution in [0.3, 0.4) is 0 Å². The highest BCUT2D eigenvalue weighted by Gasteiger charge is 2.45. The lowest BCUT2D eigenvalue weighted by Crippen LogP contribution is -2.28. The second-order valence-corrected chi connectivity index (χ2v) is 10.3. The van der Waals surface area contributed by atoms with Gasteiger partial charge >= 0.3 is 0 Å². The predicted molar refractivity (Wildman–Crippen MR) is 170 cm³/mol. The molecule has 190 valence electrons. The van der Waals surface area contributed by atoms with E-state index in [1.807, 2.05) is 12.1 Å². The minimum Gasteiger partial charge on any atom is -0.399 e. The van der Waals surface area contributed by atoms with Crippen molar-refractivity contribution in [1.82, 2.24) is 0 Å². The summed E-state index contributed by atoms with van der Waals surface area (Å²) in [5.74, 6) is 0. The molecular weight excluding hydrogens is 482 g/mol. The molecule has 0 unspecified atom stereocenters. The van der Waals surface area contributed by atoms with Gasteiger partial charge in [-0.05, 0) is 67.1 Å². The minimum absolute atomic E-state index is 0.254. The summed E-state index contributed by atoms with van der Waals surface area (Å²) >= 11 is 0. The van der Waals surface area contributed by atoms with Crippen molar-refractivity contribution in [2.24, 2.45) is 0 Å². The highest BCUT2D eigenvalue weighted by molar-refractivity contribution is 6.08. The molecule has 0 aromatic heterocycles. The quantitative estimate of drug-likeness (QED) is 0.181. The van der Waals surface area contributed by atoms with Crippen molar-refractivity contribution in [1.29, 1.82) is 0 Å². The first-order chi connectivity index (χ1) is 19.8. The van der Waals surface area contributed by atoms with Gasteiger partial charge in [0, 0.05) is 5.69 Å². The molecule has 1 nitrogen and oxygen atoms in total. The standard InChI is InChI=1S/C25H18.C14H11N/c1-3-11-19(12-4-1)25(20-13-5-2-6-14-20)23-17-9-7-15-21(23)22-16-8-10-18-24(22)25;15-12-8-7-11-6-5-10-3-1-2-4-13(10)14(11)9-12/h1-18H;1-9H,15H2. The zero-order valence-corrected chi connectivity index (χ0v) is 22.2. The third-order valence-electron chi connectivity index (χ3n) is 8.14. The molecule has 7 aromatic carbocycles. The van der Waals surface area contributed by atoms with Gasteiger partial charge in [0.05, 0.1) is 5.41 Å². The Kier molecular flexibility index (Phi) is 5.91. The van der Waals surface area contributed by atoms with Crippen LogP contribution in [0.5, 0.6) is 0 Å². The summed E-state index contributed by atoms with van der Waals surface area (Å²) in [6.07, 6.45) is 0. The third kappa shape index (κ3) is 3.79. The van der Waals surface area contributed by atoms with E-state index < -0.39 is 0 Å². The zero-order chi connectivity index (χ0) is 26.9. The molecular formula is C39H29N. The average molecular weight is 512 g/mol. The maximum absolute atomic E-state index is 5.81. The van der Waals surface area contributed by atoms with E-state index in [1.165, 1.54) is 54.9 Å². The Morgan fingerprint density at radius 1 is 0.375 bits per heavy atom. The lowest BCUT2D eigenvalue weighted by Gasteiger charge is -2.33. The van der Waals surface area contributed by atoms with Gasteiger partial charge in [0.25, 0.3) is 0 Å². The first-order valence-corrected chi connectivity index (χ1v) is 13.7. The summed E-state index contributed by atoms with van der Waals surface area (Å²) in [4.78, 5) is 0. The van der Waals surface area contributed by atoms with E-state index in [1.54, 1.807) is 0 Å². The van der Waals surface area contributed by atoms with Crippen LogP contribution in [-0.4, -0.2) is 0 Å². The fourth-order valence-corrected chi connectivity index (χ4v) is 6.42. The number of anilines is 1. The van der Waals surface area contributed by atoms with E-state index in [0.717, 1.165) is 5.69 Å². The Morgan fingerprint density at radius 3 is 1.43 bits per heavy atom. The highest BCUT2D eigenvalue weighted by Crippen LogP contribution is 2.55. The highest BCUT2D eigenvalue weighted by atomic mass is 14.5. The molecule has 0 heterocycles. The molecule has 0 amide bonds. The molecule has 0 fully saturated rings. The van der Waals surface area contributed by atoms with Crippen molar-refractivity contribution in [3.63, 3.8) is 0 Å². The lowest BCUT2D eigenvalue weighted by atomic mass is 9.68. The molecule has 0 saturated carbocycles. The van der Waals surface area contributed by atoms with Crippen LogP contribution in [0.4, 0.5) is 5.69 Å². The Labute approximate surface area is 235 Å². The molecule has 1 heteroatoms. The van der Waals surface area contributed by atoms with Crippen LogP contribution in [0, 0.1) is 0 Å². The summed E-state index contributed by atoms with van der Waals surface area (Å²) in [6, 6.07) is 58.2. The number of hydrogen-bond donors (Lipinski definition) is 1. The van der Waals surface area contributed by atoms with Crippen LogP contribution < -0.4 is 5.73 Å². The largest absolute Gasteiger partial charge is 0.399 e. The Hall–Kier alpha value is -5.14. The number of hydrogen-bond acceptors (Lipinski definition) is 1. The molecule has 1 aliphatic carbocycles. The monoisotopic (exact) mass is 511 g/mol. The Morgan fingerprint density at radius 2 is 0.825 bits per heavy atom. The number of benzene rings is 7. The van der Waals surface area contributed by atoms with Gasteiger partial charge in [0.15, 0.2) is 0 Å². The summed E-state index contributed by atoms with van der Waals surface area (Å²) in [7, 11) is 0. The van der Waals surface area contributed by atoms with E-state index in [4.69, 9.17) is 5.73 Å². The molecule has 0 saturated heterocycles. The molecule has 40 heavy (non-hydrogen) atoms. The number of fused-ring (bicyclic) bond motifs is 6. The predicted octanol–water partition coefficient (Wildman–Crippen LogP) is 9.62. The van der Waals surface area contributed by atoms with Crippen LogP contribution in [-0.2, 0) is 5.41 Å². The number of rotatable bonds is 2. The molecule has 0 bridgehead atoms. The molecule has 7 aromatic rings. The van der Waals surface area contributed by atoms with E-state index in [0.29, 0.717) is 0 Å². The first-order valence-electron chi connectivity index (χ1n) is 13.7. The van der Waals surface area contributed by atoms with Gasteiger partial charge < -0.3 is 5.73 Å². The fourth-order valence-electron chi connectivity index (χ4n) is 6.42. The van der Waals surface area contributed by atoms with Gasteiger partial charge in [-0.3, -0.25) is 0 Å². The first kappa shape index (κ1) is 23.9. The van der Waals surface area contributed by atoms with Crippen molar-refractivity contribution in [3.8, 4) is 11.1 Å². The molecule has 0 atom stereocenters. The Bertz CT molecular complexity index is 1870. The van der Waals surface area contributed by atoms with Crippen LogP contribution in [0.25, 0.3) is 32.7 Å². The summed E-state index contributed by atoms with van der Waals surface area (Å²) in [6.45, 7) is 0. The van der Waals surface area contributed by atoms with Crippen LogP contribution in [0.2, 0.25) is 0 Å². The van der Waals surface area contributed by atoms with E-state index in [2.05, 4.69) is 152 Å². The van der Waals surface area contributed by atoms with E-state index in [9.17, 15) is 0 Å². The van der Waals surface area contributed by atoms with Crippen molar-refractivity contribution < 1.29 is 0 Å². The average Bonchev–Trinajstić information content (AvgIpc) is 3.33. The van der Waals surface area contributed by atoms with Crippen LogP contribution in [0.15, 0.2) is 164 Å². The minimum atomic E-state index is -0.254. The molecule has 8 rings (SSSR count).